The van der Waals surface area contributed by atoms with Crippen molar-refractivity contribution in [3.63, 3.8) is 0 Å². The van der Waals surface area contributed by atoms with Crippen LogP contribution in [0.25, 0.3) is 0 Å². The van der Waals surface area contributed by atoms with Crippen molar-refractivity contribution < 1.29 is 4.79 Å². The second-order valence-electron chi connectivity index (χ2n) is 7.38. The number of halogens is 1. The highest BCUT2D eigenvalue weighted by atomic mass is 35.5. The van der Waals surface area contributed by atoms with E-state index in [9.17, 15) is 10.1 Å². The quantitative estimate of drug-likeness (QED) is 0.845. The van der Waals surface area contributed by atoms with Crippen LogP contribution >= 0.6 is 11.6 Å². The van der Waals surface area contributed by atoms with Crippen LogP contribution in [0, 0.1) is 11.3 Å². The molecule has 1 aliphatic heterocycles. The summed E-state index contributed by atoms with van der Waals surface area (Å²) in [5, 5.41) is 13.8. The minimum absolute atomic E-state index is 0.0271. The zero-order valence-electron chi connectivity index (χ0n) is 15.4. The van der Waals surface area contributed by atoms with Crippen LogP contribution in [0.15, 0.2) is 30.5 Å². The van der Waals surface area contributed by atoms with Crippen LogP contribution in [0.5, 0.6) is 0 Å². The Morgan fingerprint density at radius 1 is 1.44 bits per heavy atom. The maximum absolute atomic E-state index is 12.2. The molecular weight excluding hydrogens is 360 g/mol. The molecule has 2 heterocycles. The number of carbonyl (C=O) groups excluding carboxylic acids is 1. The number of anilines is 1. The lowest BCUT2D eigenvalue weighted by molar-refractivity contribution is 0.210. The van der Waals surface area contributed by atoms with Crippen molar-refractivity contribution in [3.05, 3.63) is 57.9 Å². The number of urea groups is 1. The van der Waals surface area contributed by atoms with Gasteiger partial charge in [0.25, 0.3) is 0 Å². The van der Waals surface area contributed by atoms with Crippen molar-refractivity contribution in [2.45, 2.75) is 44.6 Å². The molecule has 0 unspecified atom stereocenters. The summed E-state index contributed by atoms with van der Waals surface area (Å²) in [6.45, 7) is 5.17. The number of nitrogens with zero attached hydrogens (tertiary/aromatic N) is 3. The fourth-order valence-electron chi connectivity index (χ4n) is 4.24. The molecule has 0 bridgehead atoms. The van der Waals surface area contributed by atoms with Crippen molar-refractivity contribution in [3.8, 4) is 6.07 Å². The topological polar surface area (TPSA) is 69.0 Å². The van der Waals surface area contributed by atoms with Gasteiger partial charge in [-0.2, -0.15) is 5.26 Å². The number of carbonyl (C=O) groups is 1. The number of aromatic nitrogens is 1. The molecule has 2 amide bonds. The molecule has 1 N–H and O–H groups in total. The summed E-state index contributed by atoms with van der Waals surface area (Å²) < 4.78 is 0. The Morgan fingerprint density at radius 3 is 3.00 bits per heavy atom. The van der Waals surface area contributed by atoms with E-state index in [-0.39, 0.29) is 11.9 Å². The van der Waals surface area contributed by atoms with E-state index in [4.69, 9.17) is 11.6 Å². The fourth-order valence-corrected chi connectivity index (χ4v) is 4.49. The molecule has 27 heavy (non-hydrogen) atoms. The molecule has 1 aromatic carbocycles. The van der Waals surface area contributed by atoms with Crippen molar-refractivity contribution >= 4 is 23.3 Å². The Balaban J connectivity index is 1.75. The molecule has 2 atom stereocenters. The second-order valence-corrected chi connectivity index (χ2v) is 7.79. The normalized spacial score (nSPS) is 20.3. The van der Waals surface area contributed by atoms with E-state index in [1.165, 1.54) is 0 Å². The van der Waals surface area contributed by atoms with E-state index in [1.54, 1.807) is 17.2 Å². The minimum atomic E-state index is -0.745. The molecule has 1 aromatic heterocycles. The van der Waals surface area contributed by atoms with Gasteiger partial charge >= 0.3 is 6.03 Å². The van der Waals surface area contributed by atoms with Gasteiger partial charge in [0.05, 0.1) is 17.2 Å². The van der Waals surface area contributed by atoms with E-state index in [1.807, 2.05) is 32.0 Å². The highest BCUT2D eigenvalue weighted by Crippen LogP contribution is 2.48. The van der Waals surface area contributed by atoms with Crippen LogP contribution < -0.4 is 5.32 Å². The molecule has 2 aromatic rings. The molecule has 0 spiro atoms. The first-order chi connectivity index (χ1) is 13.0. The predicted molar refractivity (Wildman–Crippen MR) is 105 cm³/mol. The molecule has 6 heteroatoms. The van der Waals surface area contributed by atoms with Gasteiger partial charge < -0.3 is 10.2 Å². The summed E-state index contributed by atoms with van der Waals surface area (Å²) in [5.41, 5.74) is 3.98. The summed E-state index contributed by atoms with van der Waals surface area (Å²) in [5.74, 6) is -0.0271. The number of benzene rings is 1. The van der Waals surface area contributed by atoms with E-state index >= 15 is 0 Å². The standard InChI is InChI=1S/C21H21ClN4O/c1-3-26-11-13-4-5-14(10-18(13)25-20(26)27)21(2,12-23)16-7-6-15-17(22)8-9-24-19(15)16/h4-5,8-10,16H,3,6-7,11H2,1-2H3,(H,25,27)/t16-,21+/m1/s1. The molecule has 0 radical (unpaired) electrons. The Labute approximate surface area is 164 Å². The van der Waals surface area contributed by atoms with Crippen LogP contribution in [-0.2, 0) is 18.4 Å². The van der Waals surface area contributed by atoms with E-state index < -0.39 is 5.41 Å². The summed E-state index contributed by atoms with van der Waals surface area (Å²) in [6, 6.07) is 10.2. The van der Waals surface area contributed by atoms with Gasteiger partial charge in [0.15, 0.2) is 0 Å². The number of hydrogen-bond acceptors (Lipinski definition) is 3. The largest absolute Gasteiger partial charge is 0.322 e. The zero-order valence-corrected chi connectivity index (χ0v) is 16.2. The van der Waals surface area contributed by atoms with Crippen LogP contribution in [0.3, 0.4) is 0 Å². The first kappa shape index (κ1) is 17.8. The van der Waals surface area contributed by atoms with Gasteiger partial charge in [-0.25, -0.2) is 4.79 Å². The lowest BCUT2D eigenvalue weighted by Crippen LogP contribution is -2.38. The number of nitrogens with one attached hydrogen (secondary N) is 1. The van der Waals surface area contributed by atoms with Crippen molar-refractivity contribution in [2.75, 3.05) is 11.9 Å². The van der Waals surface area contributed by atoms with Crippen molar-refractivity contribution in [2.24, 2.45) is 0 Å². The number of fused-ring (bicyclic) bond motifs is 2. The van der Waals surface area contributed by atoms with Gasteiger partial charge in [-0.15, -0.1) is 0 Å². The highest BCUT2D eigenvalue weighted by Gasteiger charge is 2.43. The Hall–Kier alpha value is -2.58. The fraction of sp³-hybridized carbons (Fsp3) is 0.381. The first-order valence-electron chi connectivity index (χ1n) is 9.21. The first-order valence-corrected chi connectivity index (χ1v) is 9.59. The van der Waals surface area contributed by atoms with Gasteiger partial charge in [0, 0.05) is 35.9 Å². The number of rotatable bonds is 3. The summed E-state index contributed by atoms with van der Waals surface area (Å²) in [7, 11) is 0. The third kappa shape index (κ3) is 2.76. The molecule has 4 rings (SSSR count). The van der Waals surface area contributed by atoms with Gasteiger partial charge in [0.2, 0.25) is 0 Å². The lowest BCUT2D eigenvalue weighted by Gasteiger charge is -2.32. The average Bonchev–Trinajstić information content (AvgIpc) is 3.12. The van der Waals surface area contributed by atoms with Crippen molar-refractivity contribution in [1.82, 2.24) is 9.88 Å². The van der Waals surface area contributed by atoms with Gasteiger partial charge in [-0.3, -0.25) is 4.98 Å². The zero-order chi connectivity index (χ0) is 19.2. The summed E-state index contributed by atoms with van der Waals surface area (Å²) in [4.78, 5) is 18.5. The molecule has 138 valence electrons. The molecule has 0 saturated carbocycles. The predicted octanol–water partition coefficient (Wildman–Crippen LogP) is 4.61. The Bertz CT molecular complexity index is 967. The smallest absolute Gasteiger partial charge is 0.320 e. The number of hydrogen-bond donors (Lipinski definition) is 1. The van der Waals surface area contributed by atoms with Crippen LogP contribution in [0.2, 0.25) is 5.02 Å². The lowest BCUT2D eigenvalue weighted by atomic mass is 9.71. The van der Waals surface area contributed by atoms with Crippen LogP contribution in [-0.4, -0.2) is 22.5 Å². The third-order valence-corrected chi connectivity index (χ3v) is 6.31. The molecule has 0 fully saturated rings. The maximum Gasteiger partial charge on any atom is 0.322 e. The Kier molecular flexibility index (Phi) is 4.32. The average molecular weight is 381 g/mol. The SMILES string of the molecule is CCN1Cc2ccc([C@](C)(C#N)[C@@H]3CCc4c(Cl)ccnc43)cc2NC1=O. The third-order valence-electron chi connectivity index (χ3n) is 5.96. The van der Waals surface area contributed by atoms with Gasteiger partial charge in [-0.05, 0) is 55.5 Å². The molecule has 5 nitrogen and oxygen atoms in total. The second kappa shape index (κ2) is 6.54. The molecule has 1 aliphatic carbocycles. The maximum atomic E-state index is 12.2. The number of pyridine rings is 1. The summed E-state index contributed by atoms with van der Waals surface area (Å²) in [6.07, 6.45) is 3.38. The molecular formula is C21H21ClN4O. The van der Waals surface area contributed by atoms with Gasteiger partial charge in [0.1, 0.15) is 0 Å². The Morgan fingerprint density at radius 2 is 2.26 bits per heavy atom. The minimum Gasteiger partial charge on any atom is -0.320 e. The highest BCUT2D eigenvalue weighted by molar-refractivity contribution is 6.31. The summed E-state index contributed by atoms with van der Waals surface area (Å²) >= 11 is 6.34. The van der Waals surface area contributed by atoms with E-state index in [2.05, 4.69) is 16.4 Å². The van der Waals surface area contributed by atoms with Crippen molar-refractivity contribution in [1.29, 1.82) is 5.26 Å². The number of nitriles is 1. The van der Waals surface area contributed by atoms with E-state index in [0.29, 0.717) is 13.1 Å². The monoisotopic (exact) mass is 380 g/mol. The molecule has 2 aliphatic rings. The number of amides is 2. The van der Waals surface area contributed by atoms with E-state index in [0.717, 1.165) is 45.9 Å². The van der Waals surface area contributed by atoms with Crippen LogP contribution in [0.4, 0.5) is 10.5 Å². The van der Waals surface area contributed by atoms with Gasteiger partial charge in [-0.1, -0.05) is 23.7 Å². The van der Waals surface area contributed by atoms with Crippen LogP contribution in [0.1, 0.15) is 48.6 Å². The molecule has 0 saturated heterocycles.